The summed E-state index contributed by atoms with van der Waals surface area (Å²) in [6.07, 6.45) is 0.667. The zero-order chi connectivity index (χ0) is 13.4. The molecule has 4 nitrogen and oxygen atoms in total. The van der Waals surface area contributed by atoms with E-state index >= 15 is 0 Å². The second-order valence-electron chi connectivity index (χ2n) is 4.63. The number of aryl methyl sites for hydroxylation is 1. The molecule has 1 aromatic rings. The van der Waals surface area contributed by atoms with Crippen molar-refractivity contribution in [2.75, 3.05) is 19.1 Å². The molecule has 0 saturated heterocycles. The molecule has 2 unspecified atom stereocenters. The number of methoxy groups -OCH3 is 1. The average Bonchev–Trinajstić information content (AvgIpc) is 3.07. The normalized spacial score (nSPS) is 21.6. The van der Waals surface area contributed by atoms with Gasteiger partial charge in [-0.15, -0.1) is 0 Å². The predicted octanol–water partition coefficient (Wildman–Crippen LogP) is 2.57. The zero-order valence-electron chi connectivity index (χ0n) is 10.6. The van der Waals surface area contributed by atoms with Gasteiger partial charge in [0.05, 0.1) is 18.7 Å². The fourth-order valence-corrected chi connectivity index (χ4v) is 2.56. The molecular formula is C13H16ClNO3. The summed E-state index contributed by atoms with van der Waals surface area (Å²) in [5.74, 6) is -0.290. The molecule has 0 bridgehead atoms. The topological polar surface area (TPSA) is 49.8 Å². The maximum atomic E-state index is 10.9. The van der Waals surface area contributed by atoms with Crippen LogP contribution in [0.5, 0.6) is 5.75 Å². The summed E-state index contributed by atoms with van der Waals surface area (Å²) in [5.41, 5.74) is 1.79. The summed E-state index contributed by atoms with van der Waals surface area (Å²) in [6, 6.07) is 3.67. The highest BCUT2D eigenvalue weighted by molar-refractivity contribution is 6.31. The van der Waals surface area contributed by atoms with Crippen LogP contribution in [0.4, 0.5) is 5.69 Å². The lowest BCUT2D eigenvalue weighted by atomic mass is 10.1. The van der Waals surface area contributed by atoms with Crippen molar-refractivity contribution < 1.29 is 14.6 Å². The van der Waals surface area contributed by atoms with Crippen molar-refractivity contribution in [3.63, 3.8) is 0 Å². The molecule has 0 heterocycles. The van der Waals surface area contributed by atoms with Gasteiger partial charge in [-0.2, -0.15) is 0 Å². The summed E-state index contributed by atoms with van der Waals surface area (Å²) >= 11 is 6.05. The third-order valence-corrected chi connectivity index (χ3v) is 3.59. The molecule has 18 heavy (non-hydrogen) atoms. The van der Waals surface area contributed by atoms with Crippen LogP contribution < -0.4 is 9.64 Å². The molecule has 1 aliphatic rings. The van der Waals surface area contributed by atoms with Crippen LogP contribution in [0.3, 0.4) is 0 Å². The van der Waals surface area contributed by atoms with E-state index < -0.39 is 5.97 Å². The lowest BCUT2D eigenvalue weighted by molar-refractivity contribution is -0.138. The minimum Gasteiger partial charge on any atom is -0.494 e. The van der Waals surface area contributed by atoms with E-state index in [1.165, 1.54) is 0 Å². The molecule has 0 amide bonds. The SMILES string of the molecule is COc1c(C)cc(Cl)cc1N(C)C1CC1C(=O)O. The number of anilines is 1. The number of nitrogens with zero attached hydrogens (tertiary/aromatic N) is 1. The van der Waals surface area contributed by atoms with Crippen LogP contribution >= 0.6 is 11.6 Å². The molecule has 2 rings (SSSR count). The monoisotopic (exact) mass is 269 g/mol. The van der Waals surface area contributed by atoms with Gasteiger partial charge in [-0.25, -0.2) is 0 Å². The van der Waals surface area contributed by atoms with Gasteiger partial charge in [0.25, 0.3) is 0 Å². The van der Waals surface area contributed by atoms with Gasteiger partial charge in [0.2, 0.25) is 0 Å². The van der Waals surface area contributed by atoms with Crippen LogP contribution in [-0.4, -0.2) is 31.3 Å². The lowest BCUT2D eigenvalue weighted by Gasteiger charge is -2.23. The molecule has 0 spiro atoms. The van der Waals surface area contributed by atoms with Gasteiger partial charge in [-0.05, 0) is 31.0 Å². The van der Waals surface area contributed by atoms with Crippen molar-refractivity contribution in [1.29, 1.82) is 0 Å². The third-order valence-electron chi connectivity index (χ3n) is 3.38. The minimum absolute atomic E-state index is 0.0225. The number of carbonyl (C=O) groups is 1. The van der Waals surface area contributed by atoms with Gasteiger partial charge in [-0.3, -0.25) is 4.79 Å². The Kier molecular flexibility index (Phi) is 3.39. The molecule has 2 atom stereocenters. The first-order valence-electron chi connectivity index (χ1n) is 5.75. The first-order chi connectivity index (χ1) is 8.45. The maximum Gasteiger partial charge on any atom is 0.308 e. The number of hydrogen-bond donors (Lipinski definition) is 1. The van der Waals surface area contributed by atoms with E-state index in [1.54, 1.807) is 7.11 Å². The fraction of sp³-hybridized carbons (Fsp3) is 0.462. The highest BCUT2D eigenvalue weighted by Crippen LogP contribution is 2.42. The second-order valence-corrected chi connectivity index (χ2v) is 5.07. The average molecular weight is 270 g/mol. The van der Waals surface area contributed by atoms with E-state index in [4.69, 9.17) is 21.4 Å². The first kappa shape index (κ1) is 13.0. The van der Waals surface area contributed by atoms with Crippen LogP contribution in [0.25, 0.3) is 0 Å². The van der Waals surface area contributed by atoms with E-state index in [0.717, 1.165) is 17.0 Å². The molecule has 1 fully saturated rings. The predicted molar refractivity (Wildman–Crippen MR) is 70.7 cm³/mol. The molecule has 0 radical (unpaired) electrons. The van der Waals surface area contributed by atoms with Crippen molar-refractivity contribution in [2.45, 2.75) is 19.4 Å². The first-order valence-corrected chi connectivity index (χ1v) is 6.13. The molecule has 0 aromatic heterocycles. The Morgan fingerprint density at radius 2 is 2.22 bits per heavy atom. The van der Waals surface area contributed by atoms with Crippen molar-refractivity contribution in [1.82, 2.24) is 0 Å². The Morgan fingerprint density at radius 3 is 2.72 bits per heavy atom. The summed E-state index contributed by atoms with van der Waals surface area (Å²) in [5, 5.41) is 9.60. The van der Waals surface area contributed by atoms with Crippen LogP contribution in [0.1, 0.15) is 12.0 Å². The number of benzene rings is 1. The maximum absolute atomic E-state index is 10.9. The molecule has 1 aliphatic carbocycles. The number of rotatable bonds is 4. The number of halogens is 1. The lowest BCUT2D eigenvalue weighted by Crippen LogP contribution is -2.24. The number of carboxylic acid groups (broad SMARTS) is 1. The molecule has 1 saturated carbocycles. The van der Waals surface area contributed by atoms with Crippen molar-refractivity contribution in [3.05, 3.63) is 22.7 Å². The van der Waals surface area contributed by atoms with Crippen LogP contribution in [-0.2, 0) is 4.79 Å². The molecule has 98 valence electrons. The molecule has 1 N–H and O–H groups in total. The van der Waals surface area contributed by atoms with Crippen LogP contribution in [0, 0.1) is 12.8 Å². The van der Waals surface area contributed by atoms with Gasteiger partial charge in [0.1, 0.15) is 5.75 Å². The molecule has 1 aromatic carbocycles. The van der Waals surface area contributed by atoms with Crippen LogP contribution in [0.2, 0.25) is 5.02 Å². The Labute approximate surface area is 111 Å². The summed E-state index contributed by atoms with van der Waals surface area (Å²) in [7, 11) is 3.48. The minimum atomic E-state index is -0.746. The number of ether oxygens (including phenoxy) is 1. The van der Waals surface area contributed by atoms with E-state index in [1.807, 2.05) is 31.0 Å². The summed E-state index contributed by atoms with van der Waals surface area (Å²) in [4.78, 5) is 12.9. The van der Waals surface area contributed by atoms with Gasteiger partial charge in [-0.1, -0.05) is 11.6 Å². The summed E-state index contributed by atoms with van der Waals surface area (Å²) < 4.78 is 5.38. The smallest absolute Gasteiger partial charge is 0.308 e. The van der Waals surface area contributed by atoms with E-state index in [-0.39, 0.29) is 12.0 Å². The van der Waals surface area contributed by atoms with Crippen molar-refractivity contribution >= 4 is 23.3 Å². The standard InChI is InChI=1S/C13H16ClNO3/c1-7-4-8(14)5-11(12(7)18-3)15(2)10-6-9(10)13(16)17/h4-5,9-10H,6H2,1-3H3,(H,16,17). The van der Waals surface area contributed by atoms with E-state index in [9.17, 15) is 4.79 Å². The van der Waals surface area contributed by atoms with Crippen molar-refractivity contribution in [3.8, 4) is 5.75 Å². The van der Waals surface area contributed by atoms with Gasteiger partial charge in [0.15, 0.2) is 0 Å². The summed E-state index contributed by atoms with van der Waals surface area (Å²) in [6.45, 7) is 1.92. The number of aliphatic carboxylic acids is 1. The zero-order valence-corrected chi connectivity index (χ0v) is 11.4. The third kappa shape index (κ3) is 2.25. The Balaban J connectivity index is 2.30. The number of hydrogen-bond acceptors (Lipinski definition) is 3. The van der Waals surface area contributed by atoms with Gasteiger partial charge < -0.3 is 14.7 Å². The van der Waals surface area contributed by atoms with Gasteiger partial charge >= 0.3 is 5.97 Å². The molecule has 5 heteroatoms. The largest absolute Gasteiger partial charge is 0.494 e. The Bertz CT molecular complexity index is 489. The number of carboxylic acids is 1. The van der Waals surface area contributed by atoms with E-state index in [0.29, 0.717) is 11.4 Å². The molecule has 0 aliphatic heterocycles. The Morgan fingerprint density at radius 1 is 1.56 bits per heavy atom. The Hall–Kier alpha value is -1.42. The molecular weight excluding hydrogens is 254 g/mol. The van der Waals surface area contributed by atoms with E-state index in [2.05, 4.69) is 0 Å². The fourth-order valence-electron chi connectivity index (χ4n) is 2.29. The van der Waals surface area contributed by atoms with Crippen molar-refractivity contribution in [2.24, 2.45) is 5.92 Å². The highest BCUT2D eigenvalue weighted by atomic mass is 35.5. The second kappa shape index (κ2) is 4.69. The quantitative estimate of drug-likeness (QED) is 0.913. The van der Waals surface area contributed by atoms with Crippen LogP contribution in [0.15, 0.2) is 12.1 Å². The van der Waals surface area contributed by atoms with Gasteiger partial charge in [0, 0.05) is 18.1 Å². The highest BCUT2D eigenvalue weighted by Gasteiger charge is 2.46.